The van der Waals surface area contributed by atoms with Gasteiger partial charge in [-0.05, 0) is 37.7 Å². The van der Waals surface area contributed by atoms with E-state index in [-0.39, 0.29) is 5.56 Å². The minimum atomic E-state index is -4.47. The first-order chi connectivity index (χ1) is 7.39. The first-order valence-corrected chi connectivity index (χ1v) is 4.10. The number of halogens is 4. The molecule has 16 heavy (non-hydrogen) atoms. The Kier molecular flexibility index (Phi) is 8.29. The average molecular weight is 239 g/mol. The van der Waals surface area contributed by atoms with Gasteiger partial charge in [-0.1, -0.05) is 0 Å². The van der Waals surface area contributed by atoms with E-state index in [0.29, 0.717) is 6.07 Å². The zero-order valence-corrected chi connectivity index (χ0v) is 8.94. The molecule has 0 heterocycles. The second kappa shape index (κ2) is 7.81. The number of nitrogens with two attached hydrogens (primary N) is 1. The first-order valence-electron chi connectivity index (χ1n) is 4.10. The normalized spacial score (nSPS) is 9.44. The van der Waals surface area contributed by atoms with Crippen LogP contribution in [0.4, 0.5) is 17.6 Å². The standard InChI is InChI=1S/C8H6F4.CH5N.CH2O/c1-5-2-6(8(10,11)12)4-7(9)3-5;2*1-2/h2-4H,1H3;2H2,1H3;1H2. The third-order valence-electron chi connectivity index (χ3n) is 1.37. The molecule has 0 atom stereocenters. The van der Waals surface area contributed by atoms with Crippen molar-refractivity contribution in [1.82, 2.24) is 0 Å². The summed E-state index contributed by atoms with van der Waals surface area (Å²) in [7, 11) is 1.50. The molecular weight excluding hydrogens is 226 g/mol. The summed E-state index contributed by atoms with van der Waals surface area (Å²) in [5.41, 5.74) is 3.82. The van der Waals surface area contributed by atoms with Crippen molar-refractivity contribution in [2.24, 2.45) is 5.73 Å². The Bertz CT molecular complexity index is 292. The highest BCUT2D eigenvalue weighted by Crippen LogP contribution is 2.30. The van der Waals surface area contributed by atoms with E-state index in [2.05, 4.69) is 5.73 Å². The van der Waals surface area contributed by atoms with Crippen LogP contribution in [-0.4, -0.2) is 13.8 Å². The lowest BCUT2D eigenvalue weighted by molar-refractivity contribution is -0.137. The number of carbonyl (C=O) groups excluding carboxylic acids is 1. The molecular formula is C10H13F4NO. The van der Waals surface area contributed by atoms with Gasteiger partial charge in [0.2, 0.25) is 0 Å². The van der Waals surface area contributed by atoms with Crippen molar-refractivity contribution in [3.63, 3.8) is 0 Å². The van der Waals surface area contributed by atoms with Crippen LogP contribution >= 0.6 is 0 Å². The van der Waals surface area contributed by atoms with E-state index in [0.717, 1.165) is 12.1 Å². The maximum atomic E-state index is 12.5. The Labute approximate surface area is 91.1 Å². The fraction of sp³-hybridized carbons (Fsp3) is 0.300. The molecule has 0 aliphatic heterocycles. The highest BCUT2D eigenvalue weighted by molar-refractivity contribution is 5.25. The highest BCUT2D eigenvalue weighted by atomic mass is 19.4. The molecule has 0 aromatic heterocycles. The van der Waals surface area contributed by atoms with E-state index in [1.54, 1.807) is 0 Å². The summed E-state index contributed by atoms with van der Waals surface area (Å²) >= 11 is 0. The second-order valence-corrected chi connectivity index (χ2v) is 2.52. The predicted octanol–water partition coefficient (Wildman–Crippen LogP) is 2.54. The lowest BCUT2D eigenvalue weighted by atomic mass is 10.1. The van der Waals surface area contributed by atoms with Crippen LogP contribution in [0.5, 0.6) is 0 Å². The molecule has 0 saturated heterocycles. The molecule has 2 N–H and O–H groups in total. The summed E-state index contributed by atoms with van der Waals surface area (Å²) in [4.78, 5) is 8.00. The average Bonchev–Trinajstić information content (AvgIpc) is 2.21. The molecule has 92 valence electrons. The van der Waals surface area contributed by atoms with Gasteiger partial charge in [-0.2, -0.15) is 13.2 Å². The van der Waals surface area contributed by atoms with Crippen LogP contribution in [0, 0.1) is 12.7 Å². The number of benzene rings is 1. The van der Waals surface area contributed by atoms with E-state index in [4.69, 9.17) is 4.79 Å². The fourth-order valence-electron chi connectivity index (χ4n) is 0.900. The van der Waals surface area contributed by atoms with Crippen molar-refractivity contribution in [2.75, 3.05) is 7.05 Å². The van der Waals surface area contributed by atoms with Gasteiger partial charge < -0.3 is 10.5 Å². The lowest BCUT2D eigenvalue weighted by Crippen LogP contribution is -2.05. The molecule has 0 aliphatic carbocycles. The quantitative estimate of drug-likeness (QED) is 0.707. The molecule has 0 unspecified atom stereocenters. The van der Waals surface area contributed by atoms with Crippen molar-refractivity contribution in [3.05, 3.63) is 35.1 Å². The minimum Gasteiger partial charge on any atom is -0.333 e. The zero-order valence-electron chi connectivity index (χ0n) is 8.94. The molecule has 0 aliphatic rings. The van der Waals surface area contributed by atoms with E-state index in [9.17, 15) is 17.6 Å². The third-order valence-corrected chi connectivity index (χ3v) is 1.37. The van der Waals surface area contributed by atoms with Crippen LogP contribution in [0.3, 0.4) is 0 Å². The van der Waals surface area contributed by atoms with Crippen LogP contribution in [0.25, 0.3) is 0 Å². The minimum absolute atomic E-state index is 0.266. The monoisotopic (exact) mass is 239 g/mol. The summed E-state index contributed by atoms with van der Waals surface area (Å²) in [6.45, 7) is 3.42. The van der Waals surface area contributed by atoms with Crippen molar-refractivity contribution < 1.29 is 22.4 Å². The van der Waals surface area contributed by atoms with Gasteiger partial charge >= 0.3 is 6.18 Å². The van der Waals surface area contributed by atoms with Crippen molar-refractivity contribution >= 4 is 6.79 Å². The maximum absolute atomic E-state index is 12.5. The van der Waals surface area contributed by atoms with Crippen LogP contribution in [0.15, 0.2) is 18.2 Å². The molecule has 0 saturated carbocycles. The Morgan fingerprint density at radius 1 is 1.12 bits per heavy atom. The van der Waals surface area contributed by atoms with E-state index >= 15 is 0 Å². The smallest absolute Gasteiger partial charge is 0.333 e. The summed E-state index contributed by atoms with van der Waals surface area (Å²) in [5, 5.41) is 0. The molecule has 0 spiro atoms. The first kappa shape index (κ1) is 17.0. The topological polar surface area (TPSA) is 43.1 Å². The van der Waals surface area contributed by atoms with Crippen molar-refractivity contribution in [3.8, 4) is 0 Å². The summed E-state index contributed by atoms with van der Waals surface area (Å²) < 4.78 is 48.4. The van der Waals surface area contributed by atoms with E-state index < -0.39 is 17.6 Å². The number of hydrogen-bond donors (Lipinski definition) is 1. The molecule has 1 aromatic rings. The Morgan fingerprint density at radius 3 is 1.88 bits per heavy atom. The Morgan fingerprint density at radius 2 is 1.56 bits per heavy atom. The highest BCUT2D eigenvalue weighted by Gasteiger charge is 2.30. The Hall–Kier alpha value is -1.43. The number of carbonyl (C=O) groups is 1. The van der Waals surface area contributed by atoms with Crippen LogP contribution in [-0.2, 0) is 11.0 Å². The van der Waals surface area contributed by atoms with Crippen molar-refractivity contribution in [1.29, 1.82) is 0 Å². The van der Waals surface area contributed by atoms with Gasteiger partial charge in [-0.25, -0.2) is 4.39 Å². The van der Waals surface area contributed by atoms with Gasteiger partial charge in [0.15, 0.2) is 0 Å². The molecule has 1 aromatic carbocycles. The summed E-state index contributed by atoms with van der Waals surface area (Å²) in [6.07, 6.45) is -4.47. The second-order valence-electron chi connectivity index (χ2n) is 2.52. The number of hydrogen-bond acceptors (Lipinski definition) is 2. The molecule has 6 heteroatoms. The molecule has 1 rings (SSSR count). The maximum Gasteiger partial charge on any atom is 0.416 e. The predicted molar refractivity (Wildman–Crippen MR) is 53.4 cm³/mol. The lowest BCUT2D eigenvalue weighted by Gasteiger charge is -2.06. The van der Waals surface area contributed by atoms with Gasteiger partial charge in [0.25, 0.3) is 0 Å². The number of rotatable bonds is 0. The van der Waals surface area contributed by atoms with Gasteiger partial charge in [0.1, 0.15) is 12.6 Å². The molecule has 0 fully saturated rings. The number of aryl methyl sites for hydroxylation is 1. The largest absolute Gasteiger partial charge is 0.416 e. The fourth-order valence-corrected chi connectivity index (χ4v) is 0.900. The van der Waals surface area contributed by atoms with Crippen LogP contribution in [0.2, 0.25) is 0 Å². The molecule has 2 nitrogen and oxygen atoms in total. The summed E-state index contributed by atoms with van der Waals surface area (Å²) in [5.74, 6) is -0.859. The van der Waals surface area contributed by atoms with E-state index in [1.165, 1.54) is 14.0 Å². The molecule has 0 bridgehead atoms. The van der Waals surface area contributed by atoms with Crippen LogP contribution in [0.1, 0.15) is 11.1 Å². The van der Waals surface area contributed by atoms with E-state index in [1.807, 2.05) is 6.79 Å². The third kappa shape index (κ3) is 6.13. The van der Waals surface area contributed by atoms with Gasteiger partial charge in [0, 0.05) is 0 Å². The number of alkyl halides is 3. The Balaban J connectivity index is 0. The SMILES string of the molecule is C=O.CN.Cc1cc(F)cc(C(F)(F)F)c1. The van der Waals surface area contributed by atoms with Gasteiger partial charge in [-0.15, -0.1) is 0 Å². The van der Waals surface area contributed by atoms with Crippen LogP contribution < -0.4 is 5.73 Å². The zero-order chi connectivity index (χ0) is 13.4. The van der Waals surface area contributed by atoms with Gasteiger partial charge in [-0.3, -0.25) is 0 Å². The van der Waals surface area contributed by atoms with Crippen molar-refractivity contribution in [2.45, 2.75) is 13.1 Å². The molecule has 0 radical (unpaired) electrons. The summed E-state index contributed by atoms with van der Waals surface area (Å²) in [6, 6.07) is 2.44. The molecule has 0 amide bonds. The van der Waals surface area contributed by atoms with Gasteiger partial charge in [0.05, 0.1) is 5.56 Å².